The molecule has 1 aromatic rings. The van der Waals surface area contributed by atoms with Crippen molar-refractivity contribution in [2.75, 3.05) is 0 Å². The summed E-state index contributed by atoms with van der Waals surface area (Å²) in [4.78, 5) is 21.8. The smallest absolute Gasteiger partial charge is 0.348 e. The second kappa shape index (κ2) is 5.75. The van der Waals surface area contributed by atoms with Gasteiger partial charge in [0.1, 0.15) is 5.76 Å². The van der Waals surface area contributed by atoms with E-state index in [9.17, 15) is 14.7 Å². The number of benzene rings is 1. The molecule has 6 nitrogen and oxygen atoms in total. The molecule has 3 N–H and O–H groups in total. The van der Waals surface area contributed by atoms with Gasteiger partial charge in [-0.2, -0.15) is 0 Å². The fraction of sp³-hybridized carbons (Fsp3) is 0.286. The van der Waals surface area contributed by atoms with E-state index in [4.69, 9.17) is 14.9 Å². The van der Waals surface area contributed by atoms with Crippen molar-refractivity contribution >= 4 is 17.7 Å². The van der Waals surface area contributed by atoms with Gasteiger partial charge in [0.05, 0.1) is 0 Å². The summed E-state index contributed by atoms with van der Waals surface area (Å²) in [5.74, 6) is -2.87. The molecule has 20 heavy (non-hydrogen) atoms. The molecule has 106 valence electrons. The number of aliphatic carboxylic acids is 2. The standard InChI is InChI=1S/C14H14O6/c15-11(13(16)17)12(14(18)19)20-10-7-3-5-8-4-1-2-6-9(8)10/h1-2,4,6-7,11-12,15H,3,5H2,(H,16,17)(H,18,19)/t11-,12-/m1/s1. The topological polar surface area (TPSA) is 104 Å². The molecular formula is C14H14O6. The zero-order valence-electron chi connectivity index (χ0n) is 10.5. The van der Waals surface area contributed by atoms with Crippen LogP contribution in [0.4, 0.5) is 0 Å². The van der Waals surface area contributed by atoms with E-state index in [-0.39, 0.29) is 0 Å². The normalized spacial score (nSPS) is 16.6. The molecule has 0 spiro atoms. The largest absolute Gasteiger partial charge is 0.479 e. The number of rotatable bonds is 5. The third-order valence-electron chi connectivity index (χ3n) is 3.06. The lowest BCUT2D eigenvalue weighted by Gasteiger charge is -2.23. The first-order valence-corrected chi connectivity index (χ1v) is 6.09. The molecule has 0 aliphatic heterocycles. The van der Waals surface area contributed by atoms with E-state index in [2.05, 4.69) is 0 Å². The summed E-state index contributed by atoms with van der Waals surface area (Å²) in [6.07, 6.45) is -0.788. The van der Waals surface area contributed by atoms with Gasteiger partial charge in [-0.15, -0.1) is 0 Å². The maximum absolute atomic E-state index is 11.1. The SMILES string of the molecule is O=C(O)[C@H](O)[C@@H](OC1=CCCc2ccccc21)C(=O)O. The van der Waals surface area contributed by atoms with Crippen LogP contribution in [-0.4, -0.2) is 39.5 Å². The van der Waals surface area contributed by atoms with Gasteiger partial charge in [-0.1, -0.05) is 24.3 Å². The van der Waals surface area contributed by atoms with Crippen molar-refractivity contribution in [2.24, 2.45) is 0 Å². The number of fused-ring (bicyclic) bond motifs is 1. The molecule has 1 aliphatic rings. The zero-order chi connectivity index (χ0) is 14.7. The Balaban J connectivity index is 2.26. The second-order valence-corrected chi connectivity index (χ2v) is 4.42. The first-order chi connectivity index (χ1) is 9.50. The quantitative estimate of drug-likeness (QED) is 0.739. The van der Waals surface area contributed by atoms with Gasteiger partial charge in [-0.05, 0) is 24.5 Å². The summed E-state index contributed by atoms with van der Waals surface area (Å²) in [5, 5.41) is 27.1. The van der Waals surface area contributed by atoms with Gasteiger partial charge in [0.2, 0.25) is 6.10 Å². The predicted molar refractivity (Wildman–Crippen MR) is 68.9 cm³/mol. The van der Waals surface area contributed by atoms with Gasteiger partial charge in [0, 0.05) is 5.56 Å². The molecule has 0 fully saturated rings. The van der Waals surface area contributed by atoms with E-state index in [0.717, 1.165) is 17.5 Å². The maximum Gasteiger partial charge on any atom is 0.348 e. The first kappa shape index (κ1) is 14.1. The number of carboxylic acids is 2. The zero-order valence-corrected chi connectivity index (χ0v) is 10.5. The molecule has 0 radical (unpaired) electrons. The number of hydrogen-bond acceptors (Lipinski definition) is 4. The molecule has 6 heteroatoms. The summed E-state index contributed by atoms with van der Waals surface area (Å²) >= 11 is 0. The Morgan fingerprint density at radius 1 is 1.15 bits per heavy atom. The van der Waals surface area contributed by atoms with Gasteiger partial charge in [-0.25, -0.2) is 9.59 Å². The average Bonchev–Trinajstić information content (AvgIpc) is 2.43. The van der Waals surface area contributed by atoms with E-state index in [1.807, 2.05) is 12.1 Å². The lowest BCUT2D eigenvalue weighted by molar-refractivity contribution is -0.165. The highest BCUT2D eigenvalue weighted by Gasteiger charge is 2.35. The van der Waals surface area contributed by atoms with Crippen LogP contribution < -0.4 is 0 Å². The minimum Gasteiger partial charge on any atom is -0.479 e. The van der Waals surface area contributed by atoms with Crippen molar-refractivity contribution in [3.63, 3.8) is 0 Å². The van der Waals surface area contributed by atoms with Gasteiger partial charge < -0.3 is 20.1 Å². The van der Waals surface area contributed by atoms with Gasteiger partial charge in [0.25, 0.3) is 0 Å². The number of carbonyl (C=O) groups is 2. The minimum atomic E-state index is -2.12. The van der Waals surface area contributed by atoms with Gasteiger partial charge in [-0.3, -0.25) is 0 Å². The van der Waals surface area contributed by atoms with E-state index in [1.54, 1.807) is 18.2 Å². The van der Waals surface area contributed by atoms with Crippen LogP contribution in [0.15, 0.2) is 30.3 Å². The number of aryl methyl sites for hydroxylation is 1. The maximum atomic E-state index is 11.1. The van der Waals surface area contributed by atoms with Crippen LogP contribution in [0.2, 0.25) is 0 Å². The van der Waals surface area contributed by atoms with Crippen LogP contribution in [0.5, 0.6) is 0 Å². The molecule has 2 atom stereocenters. The summed E-state index contributed by atoms with van der Waals surface area (Å²) in [5.41, 5.74) is 1.72. The van der Waals surface area contributed by atoms with Crippen LogP contribution >= 0.6 is 0 Å². The lowest BCUT2D eigenvalue weighted by atomic mass is 9.96. The number of hydrogen-bond donors (Lipinski definition) is 3. The van der Waals surface area contributed by atoms with Gasteiger partial charge >= 0.3 is 11.9 Å². The Kier molecular flexibility index (Phi) is 4.05. The molecule has 0 aromatic heterocycles. The Morgan fingerprint density at radius 2 is 1.85 bits per heavy atom. The summed E-state index contributed by atoms with van der Waals surface area (Å²) < 4.78 is 5.23. The molecule has 0 amide bonds. The summed E-state index contributed by atoms with van der Waals surface area (Å²) in [6.45, 7) is 0. The fourth-order valence-electron chi connectivity index (χ4n) is 2.08. The number of allylic oxidation sites excluding steroid dienone is 1. The van der Waals surface area contributed by atoms with Gasteiger partial charge in [0.15, 0.2) is 6.10 Å². The van der Waals surface area contributed by atoms with Crippen molar-refractivity contribution in [1.29, 1.82) is 0 Å². The number of aliphatic hydroxyl groups excluding tert-OH is 1. The predicted octanol–water partition coefficient (Wildman–Crippen LogP) is 0.889. The molecule has 0 bridgehead atoms. The Labute approximate surface area is 114 Å². The third-order valence-corrected chi connectivity index (χ3v) is 3.06. The van der Waals surface area contributed by atoms with Crippen LogP contribution in [0.1, 0.15) is 17.5 Å². The molecular weight excluding hydrogens is 264 g/mol. The average molecular weight is 278 g/mol. The monoisotopic (exact) mass is 278 g/mol. The summed E-state index contributed by atoms with van der Waals surface area (Å²) in [6, 6.07) is 7.31. The van der Waals surface area contributed by atoms with Crippen molar-refractivity contribution in [3.05, 3.63) is 41.5 Å². The lowest BCUT2D eigenvalue weighted by Crippen LogP contribution is -2.41. The number of carboxylic acid groups (broad SMARTS) is 2. The number of aliphatic hydroxyl groups is 1. The minimum absolute atomic E-state index is 0.291. The van der Waals surface area contributed by atoms with Crippen LogP contribution in [0.3, 0.4) is 0 Å². The third kappa shape index (κ3) is 2.80. The van der Waals surface area contributed by atoms with E-state index < -0.39 is 24.1 Å². The van der Waals surface area contributed by atoms with Crippen molar-refractivity contribution in [1.82, 2.24) is 0 Å². The molecule has 2 rings (SSSR count). The second-order valence-electron chi connectivity index (χ2n) is 4.42. The van der Waals surface area contributed by atoms with Crippen molar-refractivity contribution in [3.8, 4) is 0 Å². The molecule has 1 aliphatic carbocycles. The Hall–Kier alpha value is -2.34. The highest BCUT2D eigenvalue weighted by atomic mass is 16.5. The molecule has 0 heterocycles. The van der Waals surface area contributed by atoms with Crippen LogP contribution in [0, 0.1) is 0 Å². The summed E-state index contributed by atoms with van der Waals surface area (Å²) in [7, 11) is 0. The van der Waals surface area contributed by atoms with E-state index in [0.29, 0.717) is 12.2 Å². The molecule has 0 saturated carbocycles. The fourth-order valence-corrected chi connectivity index (χ4v) is 2.08. The van der Waals surface area contributed by atoms with E-state index >= 15 is 0 Å². The van der Waals surface area contributed by atoms with Crippen LogP contribution in [0.25, 0.3) is 5.76 Å². The van der Waals surface area contributed by atoms with Crippen molar-refractivity contribution in [2.45, 2.75) is 25.0 Å². The molecule has 0 saturated heterocycles. The highest BCUT2D eigenvalue weighted by Crippen LogP contribution is 2.28. The van der Waals surface area contributed by atoms with Crippen LogP contribution in [-0.2, 0) is 20.7 Å². The Bertz CT molecular complexity index is 563. The first-order valence-electron chi connectivity index (χ1n) is 6.09. The van der Waals surface area contributed by atoms with E-state index in [1.165, 1.54) is 0 Å². The molecule has 0 unspecified atom stereocenters. The Morgan fingerprint density at radius 3 is 2.50 bits per heavy atom. The highest BCUT2D eigenvalue weighted by molar-refractivity contribution is 5.84. The van der Waals surface area contributed by atoms with Crippen molar-refractivity contribution < 1.29 is 29.6 Å². The number of ether oxygens (including phenoxy) is 1. The molecule has 1 aromatic carbocycles.